The number of amides is 1. The van der Waals surface area contributed by atoms with E-state index >= 15 is 0 Å². The van der Waals surface area contributed by atoms with Crippen LogP contribution in [-0.2, 0) is 11.2 Å². The molecule has 3 nitrogen and oxygen atoms in total. The van der Waals surface area contributed by atoms with Gasteiger partial charge in [-0.05, 0) is 38.3 Å². The second kappa shape index (κ2) is 3.81. The van der Waals surface area contributed by atoms with E-state index in [4.69, 9.17) is 0 Å². The zero-order chi connectivity index (χ0) is 11.8. The molecular formula is C13H17NO2. The lowest BCUT2D eigenvalue weighted by atomic mass is 9.74. The van der Waals surface area contributed by atoms with E-state index in [1.54, 1.807) is 6.07 Å². The van der Waals surface area contributed by atoms with Crippen LogP contribution in [0.1, 0.15) is 25.8 Å². The van der Waals surface area contributed by atoms with Crippen molar-refractivity contribution < 1.29 is 9.90 Å². The van der Waals surface area contributed by atoms with Crippen molar-refractivity contribution in [3.05, 3.63) is 29.8 Å². The van der Waals surface area contributed by atoms with Crippen LogP contribution < -0.4 is 5.32 Å². The average molecular weight is 219 g/mol. The lowest BCUT2D eigenvalue weighted by molar-refractivity contribution is -0.143. The first kappa shape index (κ1) is 11.0. The lowest BCUT2D eigenvalue weighted by Crippen LogP contribution is -2.64. The Morgan fingerprint density at radius 1 is 1.38 bits per heavy atom. The number of aromatic hydroxyl groups is 1. The fourth-order valence-electron chi connectivity index (χ4n) is 2.06. The van der Waals surface area contributed by atoms with Gasteiger partial charge < -0.3 is 10.4 Å². The number of nitrogens with one attached hydrogen (secondary N) is 1. The number of carbonyl (C=O) groups is 1. The lowest BCUT2D eigenvalue weighted by Gasteiger charge is -2.44. The van der Waals surface area contributed by atoms with Crippen molar-refractivity contribution in [3.8, 4) is 5.75 Å². The summed E-state index contributed by atoms with van der Waals surface area (Å²) in [5.41, 5.74) is 0.684. The van der Waals surface area contributed by atoms with Crippen molar-refractivity contribution in [2.45, 2.75) is 32.7 Å². The fraction of sp³-hybridized carbons (Fsp3) is 0.462. The Kier molecular flexibility index (Phi) is 2.62. The quantitative estimate of drug-likeness (QED) is 0.762. The molecule has 16 heavy (non-hydrogen) atoms. The summed E-state index contributed by atoms with van der Waals surface area (Å²) in [5.74, 6) is 0.459. The molecule has 86 valence electrons. The normalized spacial score (nSPS) is 22.4. The summed E-state index contributed by atoms with van der Waals surface area (Å²) >= 11 is 0. The van der Waals surface area contributed by atoms with Gasteiger partial charge in [-0.2, -0.15) is 0 Å². The minimum atomic E-state index is -0.260. The van der Waals surface area contributed by atoms with E-state index in [2.05, 4.69) is 5.32 Å². The van der Waals surface area contributed by atoms with E-state index in [0.29, 0.717) is 5.75 Å². The maximum absolute atomic E-state index is 11.3. The molecule has 0 radical (unpaired) electrons. The van der Waals surface area contributed by atoms with Crippen molar-refractivity contribution >= 4 is 5.91 Å². The highest BCUT2D eigenvalue weighted by Gasteiger charge is 2.46. The highest BCUT2D eigenvalue weighted by atomic mass is 16.3. The number of β-lactam (4-membered cyclic amide) rings is 1. The van der Waals surface area contributed by atoms with Crippen LogP contribution in [-0.4, -0.2) is 17.1 Å². The highest BCUT2D eigenvalue weighted by molar-refractivity contribution is 5.89. The van der Waals surface area contributed by atoms with Crippen molar-refractivity contribution in [1.29, 1.82) is 0 Å². The molecule has 1 atom stereocenters. The Labute approximate surface area is 95.5 Å². The first-order valence-corrected chi connectivity index (χ1v) is 5.59. The van der Waals surface area contributed by atoms with E-state index in [1.165, 1.54) is 0 Å². The van der Waals surface area contributed by atoms with E-state index in [0.717, 1.165) is 18.4 Å². The number of phenolic OH excluding ortho intramolecular Hbond substituents is 1. The molecule has 1 aromatic carbocycles. The first-order chi connectivity index (χ1) is 7.51. The van der Waals surface area contributed by atoms with Gasteiger partial charge in [0.25, 0.3) is 0 Å². The summed E-state index contributed by atoms with van der Waals surface area (Å²) in [6.07, 6.45) is 1.66. The molecule has 0 saturated carbocycles. The molecule has 1 aromatic rings. The standard InChI is InChI=1S/C13H17NO2/c1-13(2)11(14-12(13)16)8-7-9-5-3-4-6-10(9)15/h3-6,11,15H,7-8H2,1-2H3,(H,14,16). The first-order valence-electron chi connectivity index (χ1n) is 5.59. The van der Waals surface area contributed by atoms with Gasteiger partial charge in [0, 0.05) is 6.04 Å². The number of rotatable bonds is 3. The third kappa shape index (κ3) is 1.77. The van der Waals surface area contributed by atoms with E-state index in [1.807, 2.05) is 32.0 Å². The maximum atomic E-state index is 11.3. The molecule has 1 fully saturated rings. The molecule has 2 rings (SSSR count). The molecule has 0 spiro atoms. The van der Waals surface area contributed by atoms with Crippen LogP contribution in [0, 0.1) is 5.41 Å². The predicted octanol–water partition coefficient (Wildman–Crippen LogP) is 1.85. The molecule has 1 aliphatic rings. The van der Waals surface area contributed by atoms with E-state index in [9.17, 15) is 9.90 Å². The Morgan fingerprint density at radius 3 is 2.62 bits per heavy atom. The molecule has 0 aliphatic carbocycles. The molecule has 1 unspecified atom stereocenters. The summed E-state index contributed by atoms with van der Waals surface area (Å²) < 4.78 is 0. The number of hydrogen-bond acceptors (Lipinski definition) is 2. The van der Waals surface area contributed by atoms with Gasteiger partial charge in [-0.15, -0.1) is 0 Å². The smallest absolute Gasteiger partial charge is 0.227 e. The topological polar surface area (TPSA) is 49.3 Å². The Bertz CT molecular complexity index is 412. The Morgan fingerprint density at radius 2 is 2.06 bits per heavy atom. The number of para-hydroxylation sites is 1. The monoisotopic (exact) mass is 219 g/mol. The molecule has 0 bridgehead atoms. The van der Waals surface area contributed by atoms with Crippen LogP contribution in [0.4, 0.5) is 0 Å². The van der Waals surface area contributed by atoms with Gasteiger partial charge in [-0.25, -0.2) is 0 Å². The minimum Gasteiger partial charge on any atom is -0.508 e. The second-order valence-corrected chi connectivity index (χ2v) is 4.92. The molecule has 2 N–H and O–H groups in total. The van der Waals surface area contributed by atoms with Gasteiger partial charge in [0.05, 0.1) is 5.41 Å². The fourth-order valence-corrected chi connectivity index (χ4v) is 2.06. The zero-order valence-electron chi connectivity index (χ0n) is 9.66. The van der Waals surface area contributed by atoms with Crippen molar-refractivity contribution in [2.75, 3.05) is 0 Å². The van der Waals surface area contributed by atoms with Gasteiger partial charge in [0.15, 0.2) is 0 Å². The molecule has 1 aliphatic heterocycles. The maximum Gasteiger partial charge on any atom is 0.227 e. The number of benzene rings is 1. The van der Waals surface area contributed by atoms with Gasteiger partial charge >= 0.3 is 0 Å². The molecule has 1 amide bonds. The Balaban J connectivity index is 1.95. The summed E-state index contributed by atoms with van der Waals surface area (Å²) in [6, 6.07) is 7.57. The van der Waals surface area contributed by atoms with Gasteiger partial charge in [-0.1, -0.05) is 18.2 Å². The van der Waals surface area contributed by atoms with Crippen LogP contribution in [0.3, 0.4) is 0 Å². The Hall–Kier alpha value is -1.51. The molecule has 3 heteroatoms. The van der Waals surface area contributed by atoms with Gasteiger partial charge in [-0.3, -0.25) is 4.79 Å². The molecule has 1 heterocycles. The predicted molar refractivity (Wildman–Crippen MR) is 62.1 cm³/mol. The SMILES string of the molecule is CC1(C)C(=O)NC1CCc1ccccc1O. The third-order valence-electron chi connectivity index (χ3n) is 3.46. The zero-order valence-corrected chi connectivity index (χ0v) is 9.66. The van der Waals surface area contributed by atoms with E-state index < -0.39 is 0 Å². The minimum absolute atomic E-state index is 0.120. The molecular weight excluding hydrogens is 202 g/mol. The van der Waals surface area contributed by atoms with Gasteiger partial charge in [0.1, 0.15) is 5.75 Å². The van der Waals surface area contributed by atoms with Crippen LogP contribution in [0.2, 0.25) is 0 Å². The largest absolute Gasteiger partial charge is 0.508 e. The highest BCUT2D eigenvalue weighted by Crippen LogP contribution is 2.33. The van der Waals surface area contributed by atoms with Crippen LogP contribution in [0.5, 0.6) is 5.75 Å². The van der Waals surface area contributed by atoms with Crippen LogP contribution >= 0.6 is 0 Å². The molecule has 1 saturated heterocycles. The van der Waals surface area contributed by atoms with Crippen molar-refractivity contribution in [1.82, 2.24) is 5.32 Å². The van der Waals surface area contributed by atoms with Crippen LogP contribution in [0.25, 0.3) is 0 Å². The summed E-state index contributed by atoms with van der Waals surface area (Å²) in [4.78, 5) is 11.3. The second-order valence-electron chi connectivity index (χ2n) is 4.92. The molecule has 0 aromatic heterocycles. The number of hydrogen-bond donors (Lipinski definition) is 2. The summed E-state index contributed by atoms with van der Waals surface area (Å²) in [5, 5.41) is 12.5. The van der Waals surface area contributed by atoms with Crippen LogP contribution in [0.15, 0.2) is 24.3 Å². The van der Waals surface area contributed by atoms with Crippen molar-refractivity contribution in [3.63, 3.8) is 0 Å². The van der Waals surface area contributed by atoms with Gasteiger partial charge in [0.2, 0.25) is 5.91 Å². The summed E-state index contributed by atoms with van der Waals surface area (Å²) in [7, 11) is 0. The average Bonchev–Trinajstić information content (AvgIpc) is 2.26. The third-order valence-corrected chi connectivity index (χ3v) is 3.46. The number of carbonyl (C=O) groups excluding carboxylic acids is 1. The summed E-state index contributed by atoms with van der Waals surface area (Å²) in [6.45, 7) is 3.92. The number of phenols is 1. The van der Waals surface area contributed by atoms with E-state index in [-0.39, 0.29) is 17.4 Å². The van der Waals surface area contributed by atoms with Crippen molar-refractivity contribution in [2.24, 2.45) is 5.41 Å². The number of aryl methyl sites for hydroxylation is 1.